The molecule has 23 heavy (non-hydrogen) atoms. The quantitative estimate of drug-likeness (QED) is 0.879. The largest absolute Gasteiger partial charge is 0.490 e. The van der Waals surface area contributed by atoms with Crippen molar-refractivity contribution in [3.05, 3.63) is 34.3 Å². The van der Waals surface area contributed by atoms with Crippen LogP contribution < -0.4 is 14.8 Å². The Labute approximate surface area is 138 Å². The van der Waals surface area contributed by atoms with E-state index in [0.717, 1.165) is 10.6 Å². The maximum Gasteiger partial charge on any atom is 0.264 e. The number of hydrogen-bond acceptors (Lipinski definition) is 6. The Kier molecular flexibility index (Phi) is 5.55. The minimum absolute atomic E-state index is 0.163. The highest BCUT2D eigenvalue weighted by Gasteiger charge is 2.11. The van der Waals surface area contributed by atoms with E-state index in [2.05, 4.69) is 10.3 Å². The lowest BCUT2D eigenvalue weighted by molar-refractivity contribution is -0.118. The number of nitriles is 1. The Balaban J connectivity index is 1.99. The summed E-state index contributed by atoms with van der Waals surface area (Å²) in [6.07, 6.45) is 0. The summed E-state index contributed by atoms with van der Waals surface area (Å²) >= 11 is 1.42. The van der Waals surface area contributed by atoms with Crippen LogP contribution in [0.4, 0.5) is 5.13 Å². The summed E-state index contributed by atoms with van der Waals surface area (Å²) in [7, 11) is 0. The molecule has 2 aromatic rings. The summed E-state index contributed by atoms with van der Waals surface area (Å²) in [5.41, 5.74) is 1.37. The third kappa shape index (κ3) is 4.44. The van der Waals surface area contributed by atoms with E-state index in [1.54, 1.807) is 18.2 Å². The first-order valence-corrected chi connectivity index (χ1v) is 7.88. The first-order chi connectivity index (χ1) is 11.0. The number of anilines is 1. The number of hydrogen-bond donors (Lipinski definition) is 1. The van der Waals surface area contributed by atoms with Crippen molar-refractivity contribution >= 4 is 22.4 Å². The van der Waals surface area contributed by atoms with Gasteiger partial charge < -0.3 is 9.47 Å². The lowest BCUT2D eigenvalue weighted by atomic mass is 10.2. The van der Waals surface area contributed by atoms with Gasteiger partial charge in [0.05, 0.1) is 23.9 Å². The Bertz CT molecular complexity index is 730. The first-order valence-electron chi connectivity index (χ1n) is 7.07. The van der Waals surface area contributed by atoms with Gasteiger partial charge in [-0.2, -0.15) is 5.26 Å². The Morgan fingerprint density at radius 1 is 1.35 bits per heavy atom. The molecule has 7 heteroatoms. The van der Waals surface area contributed by atoms with Crippen LogP contribution in [-0.2, 0) is 4.79 Å². The van der Waals surface area contributed by atoms with Crippen molar-refractivity contribution in [2.24, 2.45) is 0 Å². The average Bonchev–Trinajstić information content (AvgIpc) is 2.84. The number of rotatable bonds is 6. The minimum Gasteiger partial charge on any atom is -0.490 e. The fraction of sp³-hybridized carbons (Fsp3) is 0.312. The molecule has 0 aliphatic carbocycles. The fourth-order valence-corrected chi connectivity index (χ4v) is 2.62. The zero-order chi connectivity index (χ0) is 16.8. The SMILES string of the molecule is CCOc1cc(C#N)ccc1OCC(=O)Nc1nc(C)c(C)s1. The summed E-state index contributed by atoms with van der Waals surface area (Å²) in [5, 5.41) is 12.2. The Morgan fingerprint density at radius 2 is 2.13 bits per heavy atom. The van der Waals surface area contributed by atoms with Crippen LogP contribution in [0.3, 0.4) is 0 Å². The topological polar surface area (TPSA) is 84.2 Å². The van der Waals surface area contributed by atoms with Gasteiger partial charge in [0.1, 0.15) is 0 Å². The van der Waals surface area contributed by atoms with Gasteiger partial charge in [0.15, 0.2) is 23.2 Å². The van der Waals surface area contributed by atoms with Crippen molar-refractivity contribution in [1.82, 2.24) is 4.98 Å². The summed E-state index contributed by atoms with van der Waals surface area (Å²) in [4.78, 5) is 17.2. The van der Waals surface area contributed by atoms with Crippen LogP contribution in [0.25, 0.3) is 0 Å². The van der Waals surface area contributed by atoms with Crippen molar-refractivity contribution in [3.63, 3.8) is 0 Å². The zero-order valence-corrected chi connectivity index (χ0v) is 14.0. The molecule has 0 atom stereocenters. The lowest BCUT2D eigenvalue weighted by Crippen LogP contribution is -2.20. The van der Waals surface area contributed by atoms with E-state index < -0.39 is 0 Å². The molecule has 0 spiro atoms. The van der Waals surface area contributed by atoms with E-state index >= 15 is 0 Å². The van der Waals surface area contributed by atoms with Gasteiger partial charge in [0.25, 0.3) is 5.91 Å². The van der Waals surface area contributed by atoms with Crippen LogP contribution in [-0.4, -0.2) is 24.1 Å². The van der Waals surface area contributed by atoms with Gasteiger partial charge in [-0.15, -0.1) is 11.3 Å². The van der Waals surface area contributed by atoms with Gasteiger partial charge in [-0.3, -0.25) is 10.1 Å². The van der Waals surface area contributed by atoms with Crippen LogP contribution in [0.5, 0.6) is 11.5 Å². The molecule has 0 aliphatic heterocycles. The van der Waals surface area contributed by atoms with Crippen LogP contribution in [0.15, 0.2) is 18.2 Å². The van der Waals surface area contributed by atoms with E-state index in [1.165, 1.54) is 11.3 Å². The van der Waals surface area contributed by atoms with Crippen molar-refractivity contribution in [2.45, 2.75) is 20.8 Å². The van der Waals surface area contributed by atoms with Gasteiger partial charge in [0.2, 0.25) is 0 Å². The third-order valence-corrected chi connectivity index (χ3v) is 3.99. The molecule has 0 radical (unpaired) electrons. The van der Waals surface area contributed by atoms with E-state index in [0.29, 0.717) is 28.8 Å². The highest BCUT2D eigenvalue weighted by atomic mass is 32.1. The number of aromatic nitrogens is 1. The molecular formula is C16H17N3O3S. The van der Waals surface area contributed by atoms with Gasteiger partial charge >= 0.3 is 0 Å². The Hall–Kier alpha value is -2.59. The summed E-state index contributed by atoms with van der Waals surface area (Å²) in [6.45, 7) is 5.95. The van der Waals surface area contributed by atoms with Crippen molar-refractivity contribution in [1.29, 1.82) is 5.26 Å². The van der Waals surface area contributed by atoms with Crippen LogP contribution in [0, 0.1) is 25.2 Å². The molecule has 6 nitrogen and oxygen atoms in total. The molecule has 0 fully saturated rings. The Morgan fingerprint density at radius 3 is 2.74 bits per heavy atom. The van der Waals surface area contributed by atoms with E-state index in [-0.39, 0.29) is 12.5 Å². The number of ether oxygens (including phenoxy) is 2. The molecule has 0 saturated carbocycles. The molecule has 120 valence electrons. The molecule has 1 heterocycles. The fourth-order valence-electron chi connectivity index (χ4n) is 1.79. The number of amides is 1. The number of nitrogens with zero attached hydrogens (tertiary/aromatic N) is 2. The van der Waals surface area contributed by atoms with E-state index in [1.807, 2.05) is 26.8 Å². The van der Waals surface area contributed by atoms with Crippen LogP contribution in [0.2, 0.25) is 0 Å². The summed E-state index contributed by atoms with van der Waals surface area (Å²) in [6, 6.07) is 6.86. The molecule has 0 aliphatic rings. The highest BCUT2D eigenvalue weighted by Crippen LogP contribution is 2.28. The van der Waals surface area contributed by atoms with Crippen LogP contribution >= 0.6 is 11.3 Å². The van der Waals surface area contributed by atoms with E-state index in [4.69, 9.17) is 14.7 Å². The van der Waals surface area contributed by atoms with E-state index in [9.17, 15) is 4.79 Å². The first kappa shape index (κ1) is 16.8. The molecular weight excluding hydrogens is 314 g/mol. The average molecular weight is 331 g/mol. The van der Waals surface area contributed by atoms with Gasteiger partial charge in [-0.05, 0) is 32.9 Å². The predicted molar refractivity (Wildman–Crippen MR) is 88.0 cm³/mol. The minimum atomic E-state index is -0.300. The van der Waals surface area contributed by atoms with Gasteiger partial charge in [-0.25, -0.2) is 4.98 Å². The standard InChI is InChI=1S/C16H17N3O3S/c1-4-21-14-7-12(8-17)5-6-13(14)22-9-15(20)19-16-18-10(2)11(3)23-16/h5-7H,4,9H2,1-3H3,(H,18,19,20). The summed E-state index contributed by atoms with van der Waals surface area (Å²) < 4.78 is 10.9. The number of nitrogens with one attached hydrogen (secondary N) is 1. The molecule has 0 unspecified atom stereocenters. The molecule has 2 rings (SSSR count). The molecule has 0 saturated heterocycles. The smallest absolute Gasteiger partial charge is 0.264 e. The number of benzene rings is 1. The predicted octanol–water partition coefficient (Wildman–Crippen LogP) is 3.05. The van der Waals surface area contributed by atoms with Crippen molar-refractivity contribution < 1.29 is 14.3 Å². The number of carbonyl (C=O) groups is 1. The maximum atomic E-state index is 11.9. The highest BCUT2D eigenvalue weighted by molar-refractivity contribution is 7.15. The van der Waals surface area contributed by atoms with Crippen molar-refractivity contribution in [2.75, 3.05) is 18.5 Å². The molecule has 1 aromatic heterocycles. The number of aryl methyl sites for hydroxylation is 2. The maximum absolute atomic E-state index is 11.9. The van der Waals surface area contributed by atoms with Crippen molar-refractivity contribution in [3.8, 4) is 17.6 Å². The zero-order valence-electron chi connectivity index (χ0n) is 13.2. The molecule has 1 aromatic carbocycles. The number of thiazole rings is 1. The third-order valence-electron chi connectivity index (χ3n) is 3.01. The van der Waals surface area contributed by atoms with Crippen LogP contribution in [0.1, 0.15) is 23.1 Å². The molecule has 0 bridgehead atoms. The molecule has 1 amide bonds. The number of carbonyl (C=O) groups excluding carboxylic acids is 1. The second-order valence-corrected chi connectivity index (χ2v) is 5.91. The second kappa shape index (κ2) is 7.61. The summed E-state index contributed by atoms with van der Waals surface area (Å²) in [5.74, 6) is 0.568. The molecule has 1 N–H and O–H groups in total. The second-order valence-electron chi connectivity index (χ2n) is 4.70. The lowest BCUT2D eigenvalue weighted by Gasteiger charge is -2.11. The van der Waals surface area contributed by atoms with Gasteiger partial charge in [-0.1, -0.05) is 0 Å². The van der Waals surface area contributed by atoms with Gasteiger partial charge in [0, 0.05) is 10.9 Å². The normalized spacial score (nSPS) is 10.0. The monoisotopic (exact) mass is 331 g/mol.